The monoisotopic (exact) mass is 360 g/mol. The molecule has 0 spiro atoms. The number of hydrogen-bond donors (Lipinski definition) is 1. The first-order valence-electron chi connectivity index (χ1n) is 9.55. The van der Waals surface area contributed by atoms with Crippen molar-refractivity contribution in [1.29, 1.82) is 0 Å². The van der Waals surface area contributed by atoms with Crippen molar-refractivity contribution in [1.82, 2.24) is 0 Å². The zero-order valence-electron chi connectivity index (χ0n) is 16.2. The molecule has 1 N–H and O–H groups in total. The molecule has 3 aliphatic carbocycles. The normalized spacial score (nSPS) is 46.6. The molecule has 1 saturated carbocycles. The van der Waals surface area contributed by atoms with Crippen molar-refractivity contribution in [2.24, 2.45) is 29.1 Å². The van der Waals surface area contributed by atoms with E-state index < -0.39 is 28.7 Å². The van der Waals surface area contributed by atoms with Crippen molar-refractivity contribution in [3.63, 3.8) is 0 Å². The molecule has 2 fully saturated rings. The van der Waals surface area contributed by atoms with E-state index in [1.165, 1.54) is 12.7 Å². The molecule has 0 aromatic rings. The molecule has 5 nitrogen and oxygen atoms in total. The van der Waals surface area contributed by atoms with E-state index >= 15 is 0 Å². The second-order valence-electron chi connectivity index (χ2n) is 9.09. The Balaban J connectivity index is 1.99. The van der Waals surface area contributed by atoms with Crippen LogP contribution in [0.15, 0.2) is 23.3 Å². The van der Waals surface area contributed by atoms with Gasteiger partial charge in [-0.15, -0.1) is 0 Å². The summed E-state index contributed by atoms with van der Waals surface area (Å²) >= 11 is 0. The highest BCUT2D eigenvalue weighted by molar-refractivity contribution is 6.01. The zero-order chi connectivity index (χ0) is 19.1. The third-order valence-electron chi connectivity index (χ3n) is 7.42. The molecular weight excluding hydrogens is 332 g/mol. The van der Waals surface area contributed by atoms with Gasteiger partial charge in [-0.1, -0.05) is 26.3 Å². The van der Waals surface area contributed by atoms with Gasteiger partial charge in [0.1, 0.15) is 11.4 Å². The number of ether oxygens (including phenoxy) is 2. The molecule has 0 radical (unpaired) electrons. The quantitative estimate of drug-likeness (QED) is 0.605. The minimum Gasteiger partial charge on any atom is -0.466 e. The first-order chi connectivity index (χ1) is 12.1. The van der Waals surface area contributed by atoms with E-state index in [4.69, 9.17) is 9.47 Å². The number of hydrogen-bond acceptors (Lipinski definition) is 5. The Morgan fingerprint density at radius 3 is 2.69 bits per heavy atom. The Morgan fingerprint density at radius 2 is 2.08 bits per heavy atom. The largest absolute Gasteiger partial charge is 0.466 e. The van der Waals surface area contributed by atoms with Crippen LogP contribution in [0.25, 0.3) is 0 Å². The summed E-state index contributed by atoms with van der Waals surface area (Å²) in [7, 11) is 1.33. The number of carbonyl (C=O) groups is 2. The van der Waals surface area contributed by atoms with Crippen LogP contribution in [0.5, 0.6) is 0 Å². The van der Waals surface area contributed by atoms with Gasteiger partial charge in [0, 0.05) is 29.2 Å². The molecule has 2 unspecified atom stereocenters. The third kappa shape index (κ3) is 1.93. The molecule has 1 aliphatic heterocycles. The Hall–Kier alpha value is -1.46. The highest BCUT2D eigenvalue weighted by Gasteiger charge is 2.77. The molecule has 1 heterocycles. The van der Waals surface area contributed by atoms with Crippen LogP contribution in [-0.4, -0.2) is 35.4 Å². The summed E-state index contributed by atoms with van der Waals surface area (Å²) in [6.07, 6.45) is 5.84. The summed E-state index contributed by atoms with van der Waals surface area (Å²) < 4.78 is 11.4. The van der Waals surface area contributed by atoms with Crippen LogP contribution in [-0.2, 0) is 19.1 Å². The number of Topliss-reactive ketones (excluding diaryl/α,β-unsaturated/α-hetero) is 1. The minimum absolute atomic E-state index is 0.0285. The number of allylic oxidation sites excluding steroid dienone is 1. The maximum atomic E-state index is 13.4. The molecular formula is C21H28O5. The molecule has 2 bridgehead atoms. The summed E-state index contributed by atoms with van der Waals surface area (Å²) in [5.74, 6) is -2.89. The second kappa shape index (κ2) is 5.29. The van der Waals surface area contributed by atoms with Gasteiger partial charge in [-0.05, 0) is 37.8 Å². The number of carbonyl (C=O) groups excluding carboxylic acids is 2. The minimum atomic E-state index is -1.43. The first-order valence-corrected chi connectivity index (χ1v) is 9.55. The van der Waals surface area contributed by atoms with Crippen LogP contribution >= 0.6 is 0 Å². The molecule has 26 heavy (non-hydrogen) atoms. The van der Waals surface area contributed by atoms with Gasteiger partial charge in [0.2, 0.25) is 0 Å². The SMILES string of the molecule is COC(=O)C1=C[C@@]23C=C(C)CC[C@H]2[C@@]2(C)[C@@H]1C(=O)C(C(C)C)CC2(O)O3. The molecule has 4 rings (SSSR count). The molecule has 5 heteroatoms. The van der Waals surface area contributed by atoms with Crippen LogP contribution in [0.3, 0.4) is 0 Å². The molecule has 0 aromatic heterocycles. The van der Waals surface area contributed by atoms with E-state index in [0.717, 1.165) is 12.8 Å². The Morgan fingerprint density at radius 1 is 1.38 bits per heavy atom. The lowest BCUT2D eigenvalue weighted by Gasteiger charge is -2.53. The summed E-state index contributed by atoms with van der Waals surface area (Å²) in [6, 6.07) is 0. The average molecular weight is 360 g/mol. The predicted octanol–water partition coefficient (Wildman–Crippen LogP) is 2.78. The van der Waals surface area contributed by atoms with Gasteiger partial charge < -0.3 is 14.6 Å². The van der Waals surface area contributed by atoms with Crippen molar-refractivity contribution < 1.29 is 24.2 Å². The van der Waals surface area contributed by atoms with E-state index in [2.05, 4.69) is 0 Å². The molecule has 0 aromatic carbocycles. The fourth-order valence-electron chi connectivity index (χ4n) is 6.13. The zero-order valence-corrected chi connectivity index (χ0v) is 16.2. The molecule has 0 amide bonds. The second-order valence-corrected chi connectivity index (χ2v) is 9.09. The fraction of sp³-hybridized carbons (Fsp3) is 0.714. The Kier molecular flexibility index (Phi) is 3.65. The number of rotatable bonds is 2. The summed E-state index contributed by atoms with van der Waals surface area (Å²) in [5.41, 5.74) is -0.135. The third-order valence-corrected chi connectivity index (χ3v) is 7.42. The van der Waals surface area contributed by atoms with Crippen LogP contribution < -0.4 is 0 Å². The van der Waals surface area contributed by atoms with Gasteiger partial charge in [-0.25, -0.2) is 4.79 Å². The fourth-order valence-corrected chi connectivity index (χ4v) is 6.13. The summed E-state index contributed by atoms with van der Waals surface area (Å²) in [4.78, 5) is 26.1. The van der Waals surface area contributed by atoms with Gasteiger partial charge in [0.15, 0.2) is 5.79 Å². The van der Waals surface area contributed by atoms with E-state index in [9.17, 15) is 14.7 Å². The van der Waals surface area contributed by atoms with Crippen molar-refractivity contribution in [2.45, 2.75) is 58.3 Å². The van der Waals surface area contributed by atoms with E-state index in [-0.39, 0.29) is 30.0 Å². The lowest BCUT2D eigenvalue weighted by molar-refractivity contribution is -0.267. The van der Waals surface area contributed by atoms with Gasteiger partial charge in [0.25, 0.3) is 0 Å². The number of methoxy groups -OCH3 is 1. The number of esters is 1. The highest BCUT2D eigenvalue weighted by atomic mass is 16.7. The van der Waals surface area contributed by atoms with E-state index in [1.54, 1.807) is 6.08 Å². The highest BCUT2D eigenvalue weighted by Crippen LogP contribution is 2.70. The Bertz CT molecular complexity index is 750. The van der Waals surface area contributed by atoms with Crippen molar-refractivity contribution in [3.8, 4) is 0 Å². The van der Waals surface area contributed by atoms with Crippen molar-refractivity contribution in [2.75, 3.05) is 7.11 Å². The van der Waals surface area contributed by atoms with Crippen LogP contribution in [0.1, 0.15) is 47.0 Å². The van der Waals surface area contributed by atoms with Crippen LogP contribution in [0, 0.1) is 29.1 Å². The molecule has 6 atom stereocenters. The standard InChI is InChI=1S/C21H28O5/c1-11(2)13-10-21(24)19(4)15-7-6-12(3)8-20(15,26-21)9-14(18(23)25-5)16(19)17(13)22/h8-9,11,13,15-16,24H,6-7,10H2,1-5H3/t13?,15-,16-,19-,20-,21?/m0/s1. The van der Waals surface area contributed by atoms with Gasteiger partial charge in [-0.3, -0.25) is 4.79 Å². The molecule has 1 saturated heterocycles. The topological polar surface area (TPSA) is 72.8 Å². The number of ketones is 1. The Labute approximate surface area is 154 Å². The van der Waals surface area contributed by atoms with Gasteiger partial charge in [-0.2, -0.15) is 0 Å². The summed E-state index contributed by atoms with van der Waals surface area (Å²) in [6.45, 7) is 7.94. The predicted molar refractivity (Wildman–Crippen MR) is 94.9 cm³/mol. The lowest BCUT2D eigenvalue weighted by atomic mass is 9.47. The average Bonchev–Trinajstić information content (AvgIpc) is 2.72. The first kappa shape index (κ1) is 17.9. The van der Waals surface area contributed by atoms with Crippen LogP contribution in [0.4, 0.5) is 0 Å². The summed E-state index contributed by atoms with van der Waals surface area (Å²) in [5, 5.41) is 11.7. The van der Waals surface area contributed by atoms with Gasteiger partial charge in [0.05, 0.1) is 13.0 Å². The number of aliphatic hydroxyl groups is 1. The van der Waals surface area contributed by atoms with Gasteiger partial charge >= 0.3 is 5.97 Å². The van der Waals surface area contributed by atoms with Crippen molar-refractivity contribution in [3.05, 3.63) is 23.3 Å². The maximum Gasteiger partial charge on any atom is 0.334 e. The molecule has 4 aliphatic rings. The van der Waals surface area contributed by atoms with Crippen LogP contribution in [0.2, 0.25) is 0 Å². The van der Waals surface area contributed by atoms with Crippen molar-refractivity contribution >= 4 is 11.8 Å². The molecule has 142 valence electrons. The lowest BCUT2D eigenvalue weighted by Crippen LogP contribution is -2.62. The van der Waals surface area contributed by atoms with E-state index in [0.29, 0.717) is 5.57 Å². The van der Waals surface area contributed by atoms with E-state index in [1.807, 2.05) is 33.8 Å². The maximum absolute atomic E-state index is 13.4. The smallest absolute Gasteiger partial charge is 0.334 e.